The lowest BCUT2D eigenvalue weighted by molar-refractivity contribution is -0.140. The van der Waals surface area contributed by atoms with Crippen molar-refractivity contribution in [2.24, 2.45) is 0 Å². The van der Waals surface area contributed by atoms with E-state index in [-0.39, 0.29) is 17.0 Å². The second kappa shape index (κ2) is 7.23. The van der Waals surface area contributed by atoms with Gasteiger partial charge in [0.05, 0.1) is 5.54 Å². The first-order chi connectivity index (χ1) is 14.9. The van der Waals surface area contributed by atoms with Gasteiger partial charge in [-0.05, 0) is 75.9 Å². The maximum atomic E-state index is 12.8. The molecule has 1 aliphatic carbocycles. The van der Waals surface area contributed by atoms with Crippen LogP contribution in [0.3, 0.4) is 0 Å². The van der Waals surface area contributed by atoms with Crippen LogP contribution in [0.4, 0.5) is 0 Å². The molecule has 0 radical (unpaired) electrons. The molecule has 0 saturated heterocycles. The number of nitrogens with one attached hydrogen (secondary N) is 1. The molecule has 0 atom stereocenters. The Labute approximate surface area is 185 Å². The van der Waals surface area contributed by atoms with E-state index in [1.54, 1.807) is 6.92 Å². The van der Waals surface area contributed by atoms with Gasteiger partial charge in [0.2, 0.25) is 5.91 Å². The van der Waals surface area contributed by atoms with Crippen LogP contribution in [-0.2, 0) is 22.3 Å². The normalized spacial score (nSPS) is 25.9. The van der Waals surface area contributed by atoms with E-state index in [9.17, 15) is 4.79 Å². The number of aromatic nitrogens is 1. The molecule has 2 aromatic carbocycles. The Morgan fingerprint density at radius 2 is 1.74 bits per heavy atom. The van der Waals surface area contributed by atoms with Crippen molar-refractivity contribution in [3.63, 3.8) is 0 Å². The highest BCUT2D eigenvalue weighted by atomic mass is 16.2. The van der Waals surface area contributed by atoms with Crippen molar-refractivity contribution >= 4 is 16.8 Å². The molecule has 1 saturated carbocycles. The molecular formula is C27H33N3O. The molecule has 3 aromatic rings. The predicted octanol–water partition coefficient (Wildman–Crippen LogP) is 5.11. The molecule has 1 aliphatic heterocycles. The minimum Gasteiger partial charge on any atom is -0.356 e. The number of amides is 1. The molecule has 4 nitrogen and oxygen atoms in total. The van der Waals surface area contributed by atoms with Gasteiger partial charge in [-0.15, -0.1) is 0 Å². The van der Waals surface area contributed by atoms with E-state index < -0.39 is 0 Å². The van der Waals surface area contributed by atoms with Crippen LogP contribution in [0.25, 0.3) is 10.9 Å². The summed E-state index contributed by atoms with van der Waals surface area (Å²) in [6, 6.07) is 17.6. The minimum absolute atomic E-state index is 0.00911. The highest BCUT2D eigenvalue weighted by Crippen LogP contribution is 2.53. The van der Waals surface area contributed by atoms with Crippen molar-refractivity contribution in [3.8, 4) is 0 Å². The standard InChI is InChI=1S/C27H33N3O/c1-19-10-11-22-23-12-17-30(20(2)31)27(25(23)28-24(22)18-19)15-13-26(14-16-27,29(3)4)21-8-6-5-7-9-21/h5-11,18,28H,12-17H2,1-4H3. The average molecular weight is 416 g/mol. The summed E-state index contributed by atoms with van der Waals surface area (Å²) in [5.74, 6) is 0.192. The summed E-state index contributed by atoms with van der Waals surface area (Å²) in [5, 5.41) is 1.33. The third kappa shape index (κ3) is 2.95. The molecule has 1 spiro atoms. The molecule has 1 amide bonds. The van der Waals surface area contributed by atoms with Crippen LogP contribution in [0.1, 0.15) is 55.0 Å². The first kappa shape index (κ1) is 20.3. The zero-order valence-corrected chi connectivity index (χ0v) is 19.2. The molecule has 1 fully saturated rings. The van der Waals surface area contributed by atoms with Crippen LogP contribution >= 0.6 is 0 Å². The number of aryl methyl sites for hydroxylation is 1. The topological polar surface area (TPSA) is 39.3 Å². The van der Waals surface area contributed by atoms with Crippen molar-refractivity contribution in [1.82, 2.24) is 14.8 Å². The quantitative estimate of drug-likeness (QED) is 0.632. The minimum atomic E-state index is -0.235. The Bertz CT molecular complexity index is 1120. The lowest BCUT2D eigenvalue weighted by Crippen LogP contribution is -2.58. The van der Waals surface area contributed by atoms with Gasteiger partial charge in [0.1, 0.15) is 0 Å². The lowest BCUT2D eigenvalue weighted by atomic mass is 9.65. The number of nitrogens with zero attached hydrogens (tertiary/aromatic N) is 2. The molecule has 0 bridgehead atoms. The second-order valence-electron chi connectivity index (χ2n) is 9.77. The molecule has 162 valence electrons. The molecule has 0 unspecified atom stereocenters. The van der Waals surface area contributed by atoms with Crippen molar-refractivity contribution < 1.29 is 4.79 Å². The molecule has 1 aromatic heterocycles. The SMILES string of the molecule is CC(=O)N1CCc2c([nH]c3cc(C)ccc23)C12CCC(c1ccccc1)(N(C)C)CC2. The van der Waals surface area contributed by atoms with E-state index >= 15 is 0 Å². The van der Waals surface area contributed by atoms with E-state index in [0.717, 1.165) is 38.6 Å². The molecular weight excluding hydrogens is 382 g/mol. The fourth-order valence-electron chi connectivity index (χ4n) is 6.40. The van der Waals surface area contributed by atoms with Gasteiger partial charge in [-0.2, -0.15) is 0 Å². The molecule has 4 heteroatoms. The molecule has 1 N–H and O–H groups in total. The smallest absolute Gasteiger partial charge is 0.220 e. The monoisotopic (exact) mass is 415 g/mol. The van der Waals surface area contributed by atoms with Gasteiger partial charge in [-0.25, -0.2) is 0 Å². The first-order valence-electron chi connectivity index (χ1n) is 11.5. The van der Waals surface area contributed by atoms with Crippen LogP contribution < -0.4 is 0 Å². The number of fused-ring (bicyclic) bond motifs is 4. The number of H-pyrrole nitrogens is 1. The first-order valence-corrected chi connectivity index (χ1v) is 11.5. The number of aromatic amines is 1. The zero-order chi connectivity index (χ0) is 21.8. The third-order valence-electron chi connectivity index (χ3n) is 8.08. The molecule has 31 heavy (non-hydrogen) atoms. The molecule has 2 aliphatic rings. The summed E-state index contributed by atoms with van der Waals surface area (Å²) < 4.78 is 0. The fraction of sp³-hybridized carbons (Fsp3) is 0.444. The number of benzene rings is 2. The van der Waals surface area contributed by atoms with E-state index in [2.05, 4.69) is 84.3 Å². The molecule has 2 heterocycles. The lowest BCUT2D eigenvalue weighted by Gasteiger charge is -2.55. The largest absolute Gasteiger partial charge is 0.356 e. The second-order valence-corrected chi connectivity index (χ2v) is 9.77. The van der Waals surface area contributed by atoms with Crippen molar-refractivity contribution in [1.29, 1.82) is 0 Å². The van der Waals surface area contributed by atoms with Gasteiger partial charge >= 0.3 is 0 Å². The van der Waals surface area contributed by atoms with Gasteiger partial charge in [-0.1, -0.05) is 42.5 Å². The van der Waals surface area contributed by atoms with Crippen LogP contribution in [-0.4, -0.2) is 41.3 Å². The Morgan fingerprint density at radius 1 is 1.03 bits per heavy atom. The summed E-state index contributed by atoms with van der Waals surface area (Å²) in [5.41, 5.74) is 6.34. The van der Waals surface area contributed by atoms with Crippen LogP contribution in [0, 0.1) is 6.92 Å². The van der Waals surface area contributed by atoms with Crippen molar-refractivity contribution in [2.45, 2.75) is 57.0 Å². The van der Waals surface area contributed by atoms with Gasteiger partial charge in [0, 0.05) is 35.6 Å². The van der Waals surface area contributed by atoms with E-state index in [4.69, 9.17) is 0 Å². The summed E-state index contributed by atoms with van der Waals surface area (Å²) in [6.07, 6.45) is 4.93. The van der Waals surface area contributed by atoms with Gasteiger partial charge < -0.3 is 9.88 Å². The third-order valence-corrected chi connectivity index (χ3v) is 8.08. The van der Waals surface area contributed by atoms with Crippen molar-refractivity contribution in [3.05, 3.63) is 70.9 Å². The summed E-state index contributed by atoms with van der Waals surface area (Å²) in [7, 11) is 4.40. The fourth-order valence-corrected chi connectivity index (χ4v) is 6.40. The summed E-state index contributed by atoms with van der Waals surface area (Å²) in [4.78, 5) is 21.2. The Balaban J connectivity index is 1.61. The number of hydrogen-bond donors (Lipinski definition) is 1. The van der Waals surface area contributed by atoms with E-state index in [1.807, 2.05) is 0 Å². The van der Waals surface area contributed by atoms with Crippen LogP contribution in [0.2, 0.25) is 0 Å². The van der Waals surface area contributed by atoms with Gasteiger partial charge in [-0.3, -0.25) is 9.69 Å². The van der Waals surface area contributed by atoms with Crippen molar-refractivity contribution in [2.75, 3.05) is 20.6 Å². The average Bonchev–Trinajstić information content (AvgIpc) is 3.13. The van der Waals surface area contributed by atoms with Crippen LogP contribution in [0.5, 0.6) is 0 Å². The number of carbonyl (C=O) groups is 1. The maximum Gasteiger partial charge on any atom is 0.220 e. The van der Waals surface area contributed by atoms with E-state index in [1.165, 1.54) is 33.3 Å². The Kier molecular flexibility index (Phi) is 4.74. The highest BCUT2D eigenvalue weighted by molar-refractivity contribution is 5.87. The Hall–Kier alpha value is -2.59. The molecule has 5 rings (SSSR count). The summed E-state index contributed by atoms with van der Waals surface area (Å²) >= 11 is 0. The van der Waals surface area contributed by atoms with Gasteiger partial charge in [0.15, 0.2) is 0 Å². The highest BCUT2D eigenvalue weighted by Gasteiger charge is 2.52. The van der Waals surface area contributed by atoms with E-state index in [0.29, 0.717) is 0 Å². The zero-order valence-electron chi connectivity index (χ0n) is 19.2. The summed E-state index contributed by atoms with van der Waals surface area (Å²) in [6.45, 7) is 4.69. The number of hydrogen-bond acceptors (Lipinski definition) is 2. The Morgan fingerprint density at radius 3 is 2.39 bits per heavy atom. The van der Waals surface area contributed by atoms with Crippen LogP contribution in [0.15, 0.2) is 48.5 Å². The maximum absolute atomic E-state index is 12.8. The van der Waals surface area contributed by atoms with Gasteiger partial charge in [0.25, 0.3) is 0 Å². The predicted molar refractivity (Wildman–Crippen MR) is 126 cm³/mol. The number of carbonyl (C=O) groups excluding carboxylic acids is 1. The number of rotatable bonds is 2.